The van der Waals surface area contributed by atoms with E-state index in [9.17, 15) is 4.79 Å². The summed E-state index contributed by atoms with van der Waals surface area (Å²) >= 11 is 3.26. The van der Waals surface area contributed by atoms with Gasteiger partial charge < -0.3 is 9.88 Å². The normalized spacial score (nSPS) is 17.0. The van der Waals surface area contributed by atoms with Crippen LogP contribution in [0, 0.1) is 0 Å². The Balaban J connectivity index is 1.34. The Hall–Kier alpha value is -2.51. The second-order valence-corrected chi connectivity index (χ2v) is 8.36. The van der Waals surface area contributed by atoms with Gasteiger partial charge in [0.1, 0.15) is 10.8 Å². The summed E-state index contributed by atoms with van der Waals surface area (Å²) in [6, 6.07) is 10.1. The Kier molecular flexibility index (Phi) is 4.26. The molecule has 1 aliphatic rings. The molecule has 1 aromatic carbocycles. The molecule has 1 aliphatic heterocycles. The highest BCUT2D eigenvalue weighted by Gasteiger charge is 2.32. The SMILES string of the molecule is O=C(Cc1csc(-c2ccsc2)n1)N1CCC[C@H]1c1nc2ccccc2[nH]1. The van der Waals surface area contributed by atoms with Gasteiger partial charge in [-0.1, -0.05) is 12.1 Å². The lowest BCUT2D eigenvalue weighted by Crippen LogP contribution is -2.32. The van der Waals surface area contributed by atoms with Crippen LogP contribution in [0.5, 0.6) is 0 Å². The van der Waals surface area contributed by atoms with Gasteiger partial charge in [0.15, 0.2) is 0 Å². The first-order valence-electron chi connectivity index (χ1n) is 8.99. The van der Waals surface area contributed by atoms with Gasteiger partial charge in [0.25, 0.3) is 0 Å². The summed E-state index contributed by atoms with van der Waals surface area (Å²) in [4.78, 5) is 27.7. The number of H-pyrrole nitrogens is 1. The van der Waals surface area contributed by atoms with Crippen molar-refractivity contribution >= 4 is 39.6 Å². The molecule has 0 unspecified atom stereocenters. The number of carbonyl (C=O) groups is 1. The van der Waals surface area contributed by atoms with E-state index in [0.29, 0.717) is 6.42 Å². The molecule has 5 rings (SSSR count). The summed E-state index contributed by atoms with van der Waals surface area (Å²) in [6.07, 6.45) is 2.30. The lowest BCUT2D eigenvalue weighted by atomic mass is 10.2. The largest absolute Gasteiger partial charge is 0.340 e. The van der Waals surface area contributed by atoms with E-state index >= 15 is 0 Å². The van der Waals surface area contributed by atoms with Crippen LogP contribution in [0.3, 0.4) is 0 Å². The van der Waals surface area contributed by atoms with E-state index in [1.807, 2.05) is 39.9 Å². The molecule has 0 saturated carbocycles. The zero-order chi connectivity index (χ0) is 18.2. The standard InChI is InChI=1S/C20H18N4OS2/c25-18(10-14-12-27-20(21-14)13-7-9-26-11-13)24-8-3-6-17(24)19-22-15-4-1-2-5-16(15)23-19/h1-2,4-5,7,9,11-12,17H,3,6,8,10H2,(H,22,23)/t17-/m0/s1. The predicted molar refractivity (Wildman–Crippen MR) is 109 cm³/mol. The average Bonchev–Trinajstić information content (AvgIpc) is 3.47. The van der Waals surface area contributed by atoms with E-state index in [2.05, 4.69) is 21.4 Å². The summed E-state index contributed by atoms with van der Waals surface area (Å²) in [6.45, 7) is 0.780. The van der Waals surface area contributed by atoms with E-state index in [1.54, 1.807) is 22.7 Å². The first kappa shape index (κ1) is 16.6. The first-order chi connectivity index (χ1) is 13.3. The van der Waals surface area contributed by atoms with Crippen molar-refractivity contribution in [2.24, 2.45) is 0 Å². The minimum atomic E-state index is 0.0277. The molecule has 1 fully saturated rings. The van der Waals surface area contributed by atoms with E-state index in [4.69, 9.17) is 4.98 Å². The summed E-state index contributed by atoms with van der Waals surface area (Å²) in [5, 5.41) is 7.11. The molecule has 1 amide bonds. The lowest BCUT2D eigenvalue weighted by Gasteiger charge is -2.22. The van der Waals surface area contributed by atoms with Crippen LogP contribution in [0.4, 0.5) is 0 Å². The van der Waals surface area contributed by atoms with Gasteiger partial charge in [-0.15, -0.1) is 11.3 Å². The van der Waals surface area contributed by atoms with Gasteiger partial charge >= 0.3 is 0 Å². The number of nitrogens with zero attached hydrogens (tertiary/aromatic N) is 3. The lowest BCUT2D eigenvalue weighted by molar-refractivity contribution is -0.131. The van der Waals surface area contributed by atoms with E-state index in [0.717, 1.165) is 52.5 Å². The second-order valence-electron chi connectivity index (χ2n) is 6.72. The van der Waals surface area contributed by atoms with E-state index in [1.165, 1.54) is 0 Å². The third kappa shape index (κ3) is 3.17. The third-order valence-electron chi connectivity index (χ3n) is 4.95. The van der Waals surface area contributed by atoms with Crippen LogP contribution in [0.2, 0.25) is 0 Å². The molecule has 0 bridgehead atoms. The van der Waals surface area contributed by atoms with Crippen molar-refractivity contribution in [1.29, 1.82) is 0 Å². The van der Waals surface area contributed by atoms with Gasteiger partial charge in [-0.3, -0.25) is 4.79 Å². The number of rotatable bonds is 4. The zero-order valence-electron chi connectivity index (χ0n) is 14.6. The molecule has 1 atom stereocenters. The van der Waals surface area contributed by atoms with E-state index in [-0.39, 0.29) is 11.9 Å². The van der Waals surface area contributed by atoms with Crippen LogP contribution in [0.15, 0.2) is 46.5 Å². The zero-order valence-corrected chi connectivity index (χ0v) is 16.2. The van der Waals surface area contributed by atoms with Crippen LogP contribution in [-0.4, -0.2) is 32.3 Å². The summed E-state index contributed by atoms with van der Waals surface area (Å²) in [7, 11) is 0. The number of carbonyl (C=O) groups excluding carboxylic acids is 1. The molecule has 5 nitrogen and oxygen atoms in total. The summed E-state index contributed by atoms with van der Waals surface area (Å²) < 4.78 is 0. The number of thiazole rings is 1. The fraction of sp³-hybridized carbons (Fsp3) is 0.250. The number of benzene rings is 1. The molecule has 3 aromatic heterocycles. The van der Waals surface area contributed by atoms with Gasteiger partial charge in [0, 0.05) is 22.9 Å². The fourth-order valence-corrected chi connectivity index (χ4v) is 5.18. The molecule has 136 valence electrons. The number of hydrogen-bond acceptors (Lipinski definition) is 5. The highest BCUT2D eigenvalue weighted by atomic mass is 32.1. The van der Waals surface area contributed by atoms with Crippen molar-refractivity contribution in [2.45, 2.75) is 25.3 Å². The Labute approximate surface area is 164 Å². The molecule has 7 heteroatoms. The molecule has 1 N–H and O–H groups in total. The topological polar surface area (TPSA) is 61.9 Å². The molecular formula is C20H18N4OS2. The van der Waals surface area contributed by atoms with Crippen LogP contribution in [-0.2, 0) is 11.2 Å². The fourth-order valence-electron chi connectivity index (χ4n) is 3.64. The molecule has 0 aliphatic carbocycles. The number of nitrogens with one attached hydrogen (secondary N) is 1. The van der Waals surface area contributed by atoms with E-state index < -0.39 is 0 Å². The molecule has 27 heavy (non-hydrogen) atoms. The number of aromatic amines is 1. The third-order valence-corrected chi connectivity index (χ3v) is 6.57. The Bertz CT molecular complexity index is 1050. The van der Waals surface area contributed by atoms with Gasteiger partial charge in [-0.25, -0.2) is 9.97 Å². The van der Waals surface area contributed by atoms with Crippen molar-refractivity contribution in [2.75, 3.05) is 6.54 Å². The van der Waals surface area contributed by atoms with Crippen molar-refractivity contribution < 1.29 is 4.79 Å². The van der Waals surface area contributed by atoms with Gasteiger partial charge in [0.05, 0.1) is 29.2 Å². The van der Waals surface area contributed by atoms with Crippen LogP contribution < -0.4 is 0 Å². The highest BCUT2D eigenvalue weighted by molar-refractivity contribution is 7.14. The number of para-hydroxylation sites is 2. The summed E-state index contributed by atoms with van der Waals surface area (Å²) in [5.41, 5.74) is 3.95. The van der Waals surface area contributed by atoms with Gasteiger partial charge in [-0.2, -0.15) is 11.3 Å². The number of hydrogen-bond donors (Lipinski definition) is 1. The number of imidazole rings is 1. The van der Waals surface area contributed by atoms with Crippen molar-refractivity contribution in [3.63, 3.8) is 0 Å². The Morgan fingerprint density at radius 3 is 3.00 bits per heavy atom. The maximum atomic E-state index is 13.0. The van der Waals surface area contributed by atoms with Crippen LogP contribution in [0.25, 0.3) is 21.6 Å². The maximum Gasteiger partial charge on any atom is 0.229 e. The maximum absolute atomic E-state index is 13.0. The minimum Gasteiger partial charge on any atom is -0.340 e. The molecule has 4 aromatic rings. The first-order valence-corrected chi connectivity index (χ1v) is 10.8. The monoisotopic (exact) mass is 394 g/mol. The molecular weight excluding hydrogens is 376 g/mol. The van der Waals surface area contributed by atoms with Gasteiger partial charge in [-0.05, 0) is 36.4 Å². The van der Waals surface area contributed by atoms with Gasteiger partial charge in [0.2, 0.25) is 5.91 Å². The van der Waals surface area contributed by atoms with Crippen molar-refractivity contribution in [1.82, 2.24) is 19.9 Å². The number of likely N-dealkylation sites (tertiary alicyclic amines) is 1. The van der Waals surface area contributed by atoms with Crippen molar-refractivity contribution in [3.05, 3.63) is 58.0 Å². The molecule has 4 heterocycles. The van der Waals surface area contributed by atoms with Crippen LogP contribution >= 0.6 is 22.7 Å². The molecule has 0 radical (unpaired) electrons. The number of fused-ring (bicyclic) bond motifs is 1. The molecule has 1 saturated heterocycles. The Morgan fingerprint density at radius 1 is 1.22 bits per heavy atom. The number of aromatic nitrogens is 3. The average molecular weight is 395 g/mol. The highest BCUT2D eigenvalue weighted by Crippen LogP contribution is 2.32. The smallest absolute Gasteiger partial charge is 0.229 e. The second kappa shape index (κ2) is 6.90. The predicted octanol–water partition coefficient (Wildman–Crippen LogP) is 4.65. The quantitative estimate of drug-likeness (QED) is 0.548. The molecule has 0 spiro atoms. The number of thiophene rings is 1. The summed E-state index contributed by atoms with van der Waals surface area (Å²) in [5.74, 6) is 1.01. The van der Waals surface area contributed by atoms with Crippen LogP contribution in [0.1, 0.15) is 30.4 Å². The van der Waals surface area contributed by atoms with Crippen molar-refractivity contribution in [3.8, 4) is 10.6 Å². The number of amides is 1. The minimum absolute atomic E-state index is 0.0277. The Morgan fingerprint density at radius 2 is 2.15 bits per heavy atom.